The summed E-state index contributed by atoms with van der Waals surface area (Å²) in [7, 11) is 1.60. The molecule has 2 N–H and O–H groups in total. The molecule has 0 aliphatic rings. The van der Waals surface area contributed by atoms with E-state index in [2.05, 4.69) is 42.5 Å². The summed E-state index contributed by atoms with van der Waals surface area (Å²) >= 11 is 6.84. The van der Waals surface area contributed by atoms with Gasteiger partial charge < -0.3 is 20.1 Å². The molecule has 0 saturated carbocycles. The number of anilines is 1. The highest BCUT2D eigenvalue weighted by atomic mass is 79.9. The number of ether oxygens (including phenoxy) is 2. The fourth-order valence-electron chi connectivity index (χ4n) is 2.49. The lowest BCUT2D eigenvalue weighted by atomic mass is 10.0. The van der Waals surface area contributed by atoms with Crippen molar-refractivity contribution in [3.05, 3.63) is 63.0 Å². The number of nitrogens with one attached hydrogen (secondary N) is 2. The van der Waals surface area contributed by atoms with Crippen molar-refractivity contribution in [2.75, 3.05) is 12.4 Å². The van der Waals surface area contributed by atoms with Crippen molar-refractivity contribution < 1.29 is 14.3 Å². The molecule has 0 bridgehead atoms. The molecule has 5 nitrogen and oxygen atoms in total. The Balaban J connectivity index is 2.12. The summed E-state index contributed by atoms with van der Waals surface area (Å²) < 4.78 is 13.3. The maximum absolute atomic E-state index is 12.5. The van der Waals surface area contributed by atoms with Gasteiger partial charge in [0.25, 0.3) is 0 Å². The SMILES string of the molecule is COC(C)(C)O[C@@H](c1ccccc1)[C@H](C)NC(=O)Nc1ccc(Br)cc1Br. The maximum atomic E-state index is 12.5. The van der Waals surface area contributed by atoms with Crippen LogP contribution in [0.1, 0.15) is 32.4 Å². The fourth-order valence-corrected chi connectivity index (χ4v) is 3.63. The average Bonchev–Trinajstić information content (AvgIpc) is 2.63. The van der Waals surface area contributed by atoms with Crippen LogP contribution < -0.4 is 10.6 Å². The fraction of sp³-hybridized carbons (Fsp3) is 0.350. The third-order valence-corrected chi connectivity index (χ3v) is 5.17. The van der Waals surface area contributed by atoms with Crippen LogP contribution in [0.25, 0.3) is 0 Å². The second kappa shape index (κ2) is 9.68. The topological polar surface area (TPSA) is 59.6 Å². The Morgan fingerprint density at radius 3 is 2.37 bits per heavy atom. The molecule has 0 fully saturated rings. The second-order valence-electron chi connectivity index (χ2n) is 6.56. The number of rotatable bonds is 7. The van der Waals surface area contributed by atoms with Crippen LogP contribution >= 0.6 is 31.9 Å². The molecule has 2 aromatic carbocycles. The molecule has 27 heavy (non-hydrogen) atoms. The van der Waals surface area contributed by atoms with Crippen molar-refractivity contribution in [3.63, 3.8) is 0 Å². The van der Waals surface area contributed by atoms with Crippen LogP contribution in [0, 0.1) is 0 Å². The van der Waals surface area contributed by atoms with E-state index in [-0.39, 0.29) is 18.2 Å². The van der Waals surface area contributed by atoms with Gasteiger partial charge >= 0.3 is 6.03 Å². The Morgan fingerprint density at radius 1 is 1.11 bits per heavy atom. The van der Waals surface area contributed by atoms with E-state index in [9.17, 15) is 4.79 Å². The molecule has 2 aromatic rings. The van der Waals surface area contributed by atoms with Gasteiger partial charge in [0.1, 0.15) is 6.10 Å². The van der Waals surface area contributed by atoms with E-state index in [1.54, 1.807) is 7.11 Å². The summed E-state index contributed by atoms with van der Waals surface area (Å²) in [5.74, 6) is -0.790. The lowest BCUT2D eigenvalue weighted by Gasteiger charge is -2.33. The Kier molecular flexibility index (Phi) is 7.85. The number of methoxy groups -OCH3 is 1. The van der Waals surface area contributed by atoms with Gasteiger partial charge in [0.05, 0.1) is 11.7 Å². The zero-order valence-corrected chi connectivity index (χ0v) is 18.9. The summed E-state index contributed by atoms with van der Waals surface area (Å²) in [6.45, 7) is 5.59. The van der Waals surface area contributed by atoms with Gasteiger partial charge in [-0.15, -0.1) is 0 Å². The second-order valence-corrected chi connectivity index (χ2v) is 8.33. The normalized spacial score (nSPS) is 13.7. The Labute approximate surface area is 177 Å². The van der Waals surface area contributed by atoms with Crippen LogP contribution in [0.15, 0.2) is 57.5 Å². The van der Waals surface area contributed by atoms with Crippen LogP contribution in [0.2, 0.25) is 0 Å². The third-order valence-electron chi connectivity index (χ3n) is 4.02. The highest BCUT2D eigenvalue weighted by Crippen LogP contribution is 2.29. The summed E-state index contributed by atoms with van der Waals surface area (Å²) in [6.07, 6.45) is -0.375. The van der Waals surface area contributed by atoms with Gasteiger partial charge in [0.15, 0.2) is 5.79 Å². The minimum absolute atomic E-state index is 0.295. The maximum Gasteiger partial charge on any atom is 0.319 e. The number of carbonyl (C=O) groups is 1. The van der Waals surface area contributed by atoms with Crippen molar-refractivity contribution in [1.29, 1.82) is 0 Å². The average molecular weight is 500 g/mol. The van der Waals surface area contributed by atoms with Gasteiger partial charge in [-0.05, 0) is 60.5 Å². The van der Waals surface area contributed by atoms with Gasteiger partial charge in [0.2, 0.25) is 0 Å². The first-order valence-corrected chi connectivity index (χ1v) is 10.1. The highest BCUT2D eigenvalue weighted by molar-refractivity contribution is 9.11. The molecule has 0 unspecified atom stereocenters. The molecule has 0 heterocycles. The van der Waals surface area contributed by atoms with Crippen molar-refractivity contribution in [3.8, 4) is 0 Å². The number of amides is 2. The number of carbonyl (C=O) groups excluding carboxylic acids is 1. The van der Waals surface area contributed by atoms with Crippen molar-refractivity contribution >= 4 is 43.6 Å². The summed E-state index contributed by atoms with van der Waals surface area (Å²) in [5, 5.41) is 5.80. The molecular weight excluding hydrogens is 476 g/mol. The van der Waals surface area contributed by atoms with E-state index >= 15 is 0 Å². The molecule has 7 heteroatoms. The molecule has 0 aliphatic carbocycles. The van der Waals surface area contributed by atoms with Gasteiger partial charge in [-0.2, -0.15) is 0 Å². The molecule has 0 spiro atoms. The Hall–Kier alpha value is -1.41. The van der Waals surface area contributed by atoms with Crippen LogP contribution in [0.4, 0.5) is 10.5 Å². The van der Waals surface area contributed by atoms with Crippen LogP contribution in [-0.2, 0) is 9.47 Å². The number of halogens is 2. The van der Waals surface area contributed by atoms with Gasteiger partial charge in [-0.3, -0.25) is 0 Å². The van der Waals surface area contributed by atoms with Crippen molar-refractivity contribution in [2.24, 2.45) is 0 Å². The number of benzene rings is 2. The van der Waals surface area contributed by atoms with E-state index in [4.69, 9.17) is 9.47 Å². The zero-order chi connectivity index (χ0) is 20.0. The predicted molar refractivity (Wildman–Crippen MR) is 115 cm³/mol. The monoisotopic (exact) mass is 498 g/mol. The van der Waals surface area contributed by atoms with E-state index in [0.29, 0.717) is 5.69 Å². The van der Waals surface area contributed by atoms with E-state index in [1.165, 1.54) is 0 Å². The molecule has 2 atom stereocenters. The minimum Gasteiger partial charge on any atom is -0.354 e. The lowest BCUT2D eigenvalue weighted by Crippen LogP contribution is -2.43. The molecule has 2 rings (SSSR count). The summed E-state index contributed by atoms with van der Waals surface area (Å²) in [6, 6.07) is 14.7. The van der Waals surface area contributed by atoms with Gasteiger partial charge in [0, 0.05) is 16.1 Å². The lowest BCUT2D eigenvalue weighted by molar-refractivity contribution is -0.229. The van der Waals surface area contributed by atoms with Gasteiger partial charge in [-0.1, -0.05) is 46.3 Å². The quantitative estimate of drug-likeness (QED) is 0.469. The Bertz CT molecular complexity index is 769. The standard InChI is InChI=1S/C20H24Br2N2O3/c1-13(23-19(25)24-17-11-10-15(21)12-16(17)22)18(27-20(2,3)26-4)14-8-6-5-7-9-14/h5-13,18H,1-4H3,(H2,23,24,25)/t13-,18+/m0/s1. The highest BCUT2D eigenvalue weighted by Gasteiger charge is 2.29. The van der Waals surface area contributed by atoms with Crippen molar-refractivity contribution in [2.45, 2.75) is 38.7 Å². The van der Waals surface area contributed by atoms with Crippen LogP contribution in [-0.4, -0.2) is 25.0 Å². The molecule has 146 valence electrons. The van der Waals surface area contributed by atoms with Gasteiger partial charge in [-0.25, -0.2) is 4.79 Å². The molecule has 0 aliphatic heterocycles. The number of hydrogen-bond donors (Lipinski definition) is 2. The van der Waals surface area contributed by atoms with E-state index < -0.39 is 5.79 Å². The van der Waals surface area contributed by atoms with E-state index in [1.807, 2.05) is 69.3 Å². The number of urea groups is 1. The zero-order valence-electron chi connectivity index (χ0n) is 15.8. The molecular formula is C20H24Br2N2O3. The molecule has 0 saturated heterocycles. The van der Waals surface area contributed by atoms with Crippen LogP contribution in [0.3, 0.4) is 0 Å². The molecule has 0 aromatic heterocycles. The molecule has 0 radical (unpaired) electrons. The van der Waals surface area contributed by atoms with Crippen molar-refractivity contribution in [1.82, 2.24) is 5.32 Å². The smallest absolute Gasteiger partial charge is 0.319 e. The van der Waals surface area contributed by atoms with E-state index in [0.717, 1.165) is 14.5 Å². The minimum atomic E-state index is -0.790. The Morgan fingerprint density at radius 2 is 1.78 bits per heavy atom. The predicted octanol–water partition coefficient (Wildman–Crippen LogP) is 5.86. The first kappa shape index (κ1) is 21.9. The first-order chi connectivity index (χ1) is 12.7. The third kappa shape index (κ3) is 6.60. The summed E-state index contributed by atoms with van der Waals surface area (Å²) in [4.78, 5) is 12.5. The summed E-state index contributed by atoms with van der Waals surface area (Å²) in [5.41, 5.74) is 1.64. The van der Waals surface area contributed by atoms with Crippen LogP contribution in [0.5, 0.6) is 0 Å². The number of hydrogen-bond acceptors (Lipinski definition) is 3. The molecule has 2 amide bonds. The first-order valence-electron chi connectivity index (χ1n) is 8.52. The largest absolute Gasteiger partial charge is 0.354 e.